The second-order valence-corrected chi connectivity index (χ2v) is 7.87. The molecule has 0 N–H and O–H groups in total. The minimum Gasteiger partial charge on any atom is -0.266 e. The molecule has 0 aliphatic carbocycles. The summed E-state index contributed by atoms with van der Waals surface area (Å²) in [6.07, 6.45) is 1.14. The summed E-state index contributed by atoms with van der Waals surface area (Å²) in [5.41, 5.74) is 3.31. The molecule has 0 aromatic heterocycles. The van der Waals surface area contributed by atoms with Gasteiger partial charge in [-0.25, -0.2) is 18.9 Å². The molecule has 3 aromatic carbocycles. The molecule has 150 valence electrons. The van der Waals surface area contributed by atoms with Crippen molar-refractivity contribution >= 4 is 64.5 Å². The first-order chi connectivity index (χ1) is 13.6. The lowest BCUT2D eigenvalue weighted by Gasteiger charge is -2.38. The molecule has 1 unspecified atom stereocenters. The van der Waals surface area contributed by atoms with E-state index in [1.807, 2.05) is 54.6 Å². The maximum absolute atomic E-state index is 13.6. The van der Waals surface area contributed by atoms with E-state index in [4.69, 9.17) is 16.6 Å². The largest absolute Gasteiger partial charge is 0.266 e. The summed E-state index contributed by atoms with van der Waals surface area (Å²) in [4.78, 5) is 10.6. The number of aliphatic imine (C=N–C) groups is 1. The van der Waals surface area contributed by atoms with Crippen LogP contribution >= 0.6 is 46.8 Å². The zero-order valence-corrected chi connectivity index (χ0v) is 18.8. The Morgan fingerprint density at radius 1 is 1.07 bits per heavy atom. The third-order valence-electron chi connectivity index (χ3n) is 4.30. The number of hydrogen-bond donors (Lipinski definition) is 0. The van der Waals surface area contributed by atoms with Crippen LogP contribution in [-0.4, -0.2) is 10.8 Å². The fraction of sp³-hybridized carbons (Fsp3) is 0.0952. The number of rotatable bonds is 5. The molecule has 3 aromatic rings. The van der Waals surface area contributed by atoms with Gasteiger partial charge in [-0.15, -0.1) is 12.4 Å². The summed E-state index contributed by atoms with van der Waals surface area (Å²) in [6, 6.07) is 22.0. The molecular weight excluding hydrogens is 527 g/mol. The number of nitrogens with zero attached hydrogens (tertiary/aromatic N) is 3. The quantitative estimate of drug-likeness (QED) is 0.206. The van der Waals surface area contributed by atoms with Gasteiger partial charge in [0, 0.05) is 20.9 Å². The zero-order chi connectivity index (χ0) is 19.5. The summed E-state index contributed by atoms with van der Waals surface area (Å²) in [7, 11) is 0. The maximum atomic E-state index is 13.6. The Kier molecular flexibility index (Phi) is 7.34. The highest BCUT2D eigenvalue weighted by molar-refractivity contribution is 14.1. The Hall–Kier alpha value is -1.87. The monoisotopic (exact) mass is 543 g/mol. The molecule has 0 spiro atoms. The van der Waals surface area contributed by atoms with Crippen molar-refractivity contribution in [2.24, 2.45) is 4.99 Å². The average Bonchev–Trinajstić information content (AvgIpc) is 2.70. The number of para-hydroxylation sites is 1. The maximum Gasteiger partial charge on any atom is 0.171 e. The fourth-order valence-corrected chi connectivity index (χ4v) is 3.77. The van der Waals surface area contributed by atoms with Crippen molar-refractivity contribution in [2.75, 3.05) is 5.06 Å². The van der Waals surface area contributed by atoms with Crippen LogP contribution in [0.1, 0.15) is 17.3 Å². The Bertz CT molecular complexity index is 1010. The van der Waals surface area contributed by atoms with Crippen molar-refractivity contribution in [3.8, 4) is 0 Å². The molecule has 4 nitrogen and oxygen atoms in total. The van der Waals surface area contributed by atoms with Gasteiger partial charge < -0.3 is 0 Å². The van der Waals surface area contributed by atoms with Gasteiger partial charge in [0.1, 0.15) is 18.8 Å². The summed E-state index contributed by atoms with van der Waals surface area (Å²) < 4.78 is 16.1. The average molecular weight is 544 g/mol. The Balaban J connectivity index is 0.00000240. The Morgan fingerprint density at radius 2 is 1.86 bits per heavy atom. The molecule has 1 heterocycles. The number of hydrogen-bond acceptors (Lipinski definition) is 4. The van der Waals surface area contributed by atoms with Gasteiger partial charge in [0.2, 0.25) is 0 Å². The predicted molar refractivity (Wildman–Crippen MR) is 125 cm³/mol. The lowest BCUT2D eigenvalue weighted by Crippen LogP contribution is -2.38. The van der Waals surface area contributed by atoms with Crippen LogP contribution < -0.4 is 5.06 Å². The molecule has 1 aliphatic rings. The molecule has 29 heavy (non-hydrogen) atoms. The van der Waals surface area contributed by atoms with Crippen molar-refractivity contribution < 1.29 is 9.23 Å². The minimum atomic E-state index is -0.431. The zero-order valence-electron chi connectivity index (χ0n) is 15.1. The highest BCUT2D eigenvalue weighted by Crippen LogP contribution is 2.39. The second-order valence-electron chi connectivity index (χ2n) is 6.23. The van der Waals surface area contributed by atoms with Gasteiger partial charge in [-0.05, 0) is 70.6 Å². The molecule has 4 rings (SSSR count). The molecule has 8 heteroatoms. The van der Waals surface area contributed by atoms with Gasteiger partial charge in [-0.2, -0.15) is 0 Å². The molecule has 0 radical (unpaired) electrons. The number of fused-ring (bicyclic) bond motifs is 1. The van der Waals surface area contributed by atoms with Gasteiger partial charge in [0.05, 0.1) is 11.4 Å². The van der Waals surface area contributed by atoms with E-state index in [1.54, 1.807) is 17.5 Å². The van der Waals surface area contributed by atoms with Crippen LogP contribution in [0.5, 0.6) is 0 Å². The van der Waals surface area contributed by atoms with Crippen LogP contribution in [0.25, 0.3) is 0 Å². The summed E-state index contributed by atoms with van der Waals surface area (Å²) in [6.45, 7) is 0.199. The smallest absolute Gasteiger partial charge is 0.171 e. The Morgan fingerprint density at radius 3 is 2.62 bits per heavy atom. The highest BCUT2D eigenvalue weighted by Gasteiger charge is 2.31. The number of halogens is 4. The molecule has 0 fully saturated rings. The van der Waals surface area contributed by atoms with E-state index >= 15 is 0 Å². The summed E-state index contributed by atoms with van der Waals surface area (Å²) in [5, 5.41) is 1.73. The van der Waals surface area contributed by atoms with Crippen molar-refractivity contribution in [3.05, 3.63) is 93.3 Å². The molecule has 0 saturated carbocycles. The fourth-order valence-electron chi connectivity index (χ4n) is 3.02. The van der Waals surface area contributed by atoms with Crippen LogP contribution in [0, 0.1) is 9.39 Å². The van der Waals surface area contributed by atoms with E-state index in [0.29, 0.717) is 0 Å². The van der Waals surface area contributed by atoms with Crippen LogP contribution in [0.15, 0.2) is 77.8 Å². The predicted octanol–water partition coefficient (Wildman–Crippen LogP) is 6.62. The van der Waals surface area contributed by atoms with Crippen molar-refractivity contribution in [1.29, 1.82) is 0 Å². The highest BCUT2D eigenvalue weighted by atomic mass is 127. The molecule has 0 amide bonds. The number of hydroxylamine groups is 1. The van der Waals surface area contributed by atoms with Crippen LogP contribution in [-0.2, 0) is 11.4 Å². The van der Waals surface area contributed by atoms with E-state index in [2.05, 4.69) is 27.6 Å². The lowest BCUT2D eigenvalue weighted by atomic mass is 10.1. The first-order valence-electron chi connectivity index (χ1n) is 8.61. The topological polar surface area (TPSA) is 28.1 Å². The van der Waals surface area contributed by atoms with Gasteiger partial charge in [0.15, 0.2) is 6.17 Å². The van der Waals surface area contributed by atoms with Crippen molar-refractivity contribution in [1.82, 2.24) is 4.42 Å². The molecular formula is C21H17Cl2FIN3O. The van der Waals surface area contributed by atoms with Gasteiger partial charge in [-0.3, -0.25) is 4.84 Å². The summed E-state index contributed by atoms with van der Waals surface area (Å²) >= 11 is 8.78. The molecule has 0 bridgehead atoms. The van der Waals surface area contributed by atoms with Crippen molar-refractivity contribution in [2.45, 2.75) is 12.8 Å². The Labute approximate surface area is 193 Å². The van der Waals surface area contributed by atoms with E-state index in [-0.39, 0.29) is 24.8 Å². The summed E-state index contributed by atoms with van der Waals surface area (Å²) in [5.74, 6) is -0.295. The van der Waals surface area contributed by atoms with E-state index in [9.17, 15) is 4.39 Å². The van der Waals surface area contributed by atoms with E-state index in [0.717, 1.165) is 26.1 Å². The first-order valence-corrected chi connectivity index (χ1v) is 10.0. The van der Waals surface area contributed by atoms with E-state index in [1.165, 1.54) is 16.6 Å². The standard InChI is InChI=1S/C21H16ClFIN3O.ClH/c22-26-14-25-20-10-9-17(24)12-19(20)21(26)27(18-7-2-1-3-8-18)28-13-15-5-4-6-16(23)11-15;/h1-12,14,21H,13H2;1H. The number of benzene rings is 3. The van der Waals surface area contributed by atoms with Crippen LogP contribution in [0.2, 0.25) is 0 Å². The van der Waals surface area contributed by atoms with Crippen LogP contribution in [0.4, 0.5) is 15.8 Å². The SMILES string of the molecule is Cl.Fc1cccc(CON(c2ccccc2)C2c3cc(I)ccc3N=CN2Cl)c1. The minimum absolute atomic E-state index is 0. The molecule has 0 saturated heterocycles. The third-order valence-corrected chi connectivity index (χ3v) is 5.24. The first kappa shape index (κ1) is 21.8. The lowest BCUT2D eigenvalue weighted by molar-refractivity contribution is 0.0561. The molecule has 1 atom stereocenters. The van der Waals surface area contributed by atoms with Gasteiger partial charge in [0.25, 0.3) is 0 Å². The molecule has 1 aliphatic heterocycles. The third kappa shape index (κ3) is 5.01. The van der Waals surface area contributed by atoms with Gasteiger partial charge in [-0.1, -0.05) is 30.3 Å². The second kappa shape index (κ2) is 9.75. The van der Waals surface area contributed by atoms with Crippen LogP contribution in [0.3, 0.4) is 0 Å². The normalized spacial score (nSPS) is 14.9. The number of anilines is 1. The van der Waals surface area contributed by atoms with Gasteiger partial charge >= 0.3 is 0 Å². The van der Waals surface area contributed by atoms with E-state index < -0.39 is 6.17 Å². The van der Waals surface area contributed by atoms with Crippen molar-refractivity contribution in [3.63, 3.8) is 0 Å².